The first-order chi connectivity index (χ1) is 9.29. The van der Waals surface area contributed by atoms with E-state index >= 15 is 0 Å². The van der Waals surface area contributed by atoms with Crippen LogP contribution in [0.5, 0.6) is 0 Å². The Morgan fingerprint density at radius 1 is 1.35 bits per heavy atom. The first kappa shape index (κ1) is 16.5. The van der Waals surface area contributed by atoms with Gasteiger partial charge in [-0.25, -0.2) is 0 Å². The minimum Gasteiger partial charge on any atom is -0.372 e. The number of ether oxygens (including phenoxy) is 1. The highest BCUT2D eigenvalue weighted by Crippen LogP contribution is 2.17. The van der Waals surface area contributed by atoms with Crippen molar-refractivity contribution >= 4 is 5.91 Å². The zero-order valence-corrected chi connectivity index (χ0v) is 11.5. The molecule has 0 aliphatic rings. The van der Waals surface area contributed by atoms with Gasteiger partial charge in [-0.1, -0.05) is 24.3 Å². The number of amides is 1. The highest BCUT2D eigenvalue weighted by atomic mass is 19.4. The Bertz CT molecular complexity index is 446. The number of hydrogen-bond donors (Lipinski definition) is 1. The van der Waals surface area contributed by atoms with Crippen molar-refractivity contribution in [3.8, 4) is 0 Å². The normalized spacial score (nSPS) is 13.1. The SMILES string of the molecule is Cc1ccccc1C(C)NC(=O)CCOCC(F)(F)F. The molecule has 0 radical (unpaired) electrons. The first-order valence-electron chi connectivity index (χ1n) is 6.29. The number of benzene rings is 1. The Balaban J connectivity index is 2.34. The molecule has 1 aromatic rings. The van der Waals surface area contributed by atoms with Gasteiger partial charge in [0.25, 0.3) is 0 Å². The Morgan fingerprint density at radius 2 is 2.00 bits per heavy atom. The molecule has 6 heteroatoms. The second kappa shape index (κ2) is 7.28. The van der Waals surface area contributed by atoms with E-state index in [4.69, 9.17) is 0 Å². The molecule has 0 saturated carbocycles. The quantitative estimate of drug-likeness (QED) is 0.817. The van der Waals surface area contributed by atoms with Crippen molar-refractivity contribution in [1.82, 2.24) is 5.32 Å². The molecule has 0 aliphatic carbocycles. The highest BCUT2D eigenvalue weighted by Gasteiger charge is 2.27. The van der Waals surface area contributed by atoms with E-state index < -0.39 is 12.8 Å². The van der Waals surface area contributed by atoms with Crippen LogP contribution in [0.4, 0.5) is 13.2 Å². The van der Waals surface area contributed by atoms with Crippen molar-refractivity contribution in [2.45, 2.75) is 32.5 Å². The molecular formula is C14H18F3NO2. The molecule has 1 unspecified atom stereocenters. The van der Waals surface area contributed by atoms with E-state index in [0.29, 0.717) is 0 Å². The van der Waals surface area contributed by atoms with Gasteiger partial charge in [-0.15, -0.1) is 0 Å². The van der Waals surface area contributed by atoms with Crippen LogP contribution in [0.25, 0.3) is 0 Å². The highest BCUT2D eigenvalue weighted by molar-refractivity contribution is 5.76. The van der Waals surface area contributed by atoms with Gasteiger partial charge < -0.3 is 10.1 Å². The van der Waals surface area contributed by atoms with Gasteiger partial charge in [-0.2, -0.15) is 13.2 Å². The third kappa shape index (κ3) is 6.06. The summed E-state index contributed by atoms with van der Waals surface area (Å²) in [6, 6.07) is 7.42. The van der Waals surface area contributed by atoms with E-state index in [2.05, 4.69) is 10.1 Å². The van der Waals surface area contributed by atoms with Gasteiger partial charge in [0.15, 0.2) is 0 Å². The fourth-order valence-electron chi connectivity index (χ4n) is 1.82. The van der Waals surface area contributed by atoms with E-state index in [0.717, 1.165) is 11.1 Å². The fraction of sp³-hybridized carbons (Fsp3) is 0.500. The minimum absolute atomic E-state index is 0.0910. The number of alkyl halides is 3. The van der Waals surface area contributed by atoms with Gasteiger partial charge in [-0.3, -0.25) is 4.79 Å². The molecule has 0 saturated heterocycles. The lowest BCUT2D eigenvalue weighted by atomic mass is 10.0. The Labute approximate surface area is 116 Å². The van der Waals surface area contributed by atoms with Crippen molar-refractivity contribution < 1.29 is 22.7 Å². The van der Waals surface area contributed by atoms with Gasteiger partial charge >= 0.3 is 6.18 Å². The summed E-state index contributed by atoms with van der Waals surface area (Å²) in [5, 5.41) is 2.73. The van der Waals surface area contributed by atoms with Gasteiger partial charge in [0.05, 0.1) is 12.6 Å². The van der Waals surface area contributed by atoms with Crippen molar-refractivity contribution in [1.29, 1.82) is 0 Å². The van der Waals surface area contributed by atoms with E-state index in [9.17, 15) is 18.0 Å². The minimum atomic E-state index is -4.36. The maximum absolute atomic E-state index is 11.8. The summed E-state index contributed by atoms with van der Waals surface area (Å²) in [6.45, 7) is 2.20. The van der Waals surface area contributed by atoms with E-state index in [1.54, 1.807) is 0 Å². The van der Waals surface area contributed by atoms with Crippen LogP contribution in [-0.4, -0.2) is 25.3 Å². The van der Waals surface area contributed by atoms with E-state index in [-0.39, 0.29) is 25.0 Å². The van der Waals surface area contributed by atoms with Gasteiger partial charge in [0.1, 0.15) is 6.61 Å². The number of hydrogen-bond acceptors (Lipinski definition) is 2. The molecule has 1 atom stereocenters. The van der Waals surface area contributed by atoms with Gasteiger partial charge in [0.2, 0.25) is 5.91 Å². The summed E-state index contributed by atoms with van der Waals surface area (Å²) in [6.07, 6.45) is -4.45. The molecule has 1 aromatic carbocycles. The lowest BCUT2D eigenvalue weighted by Crippen LogP contribution is -2.28. The van der Waals surface area contributed by atoms with Crippen molar-refractivity contribution in [3.05, 3.63) is 35.4 Å². The van der Waals surface area contributed by atoms with Crippen molar-refractivity contribution in [2.24, 2.45) is 0 Å². The summed E-state index contributed by atoms with van der Waals surface area (Å²) in [7, 11) is 0. The van der Waals surface area contributed by atoms with E-state index in [1.807, 2.05) is 38.1 Å². The van der Waals surface area contributed by atoms with Crippen LogP contribution in [0, 0.1) is 6.92 Å². The van der Waals surface area contributed by atoms with Crippen LogP contribution >= 0.6 is 0 Å². The molecule has 0 aliphatic heterocycles. The number of carbonyl (C=O) groups is 1. The average Bonchev–Trinajstić information content (AvgIpc) is 2.34. The monoisotopic (exact) mass is 289 g/mol. The molecule has 1 N–H and O–H groups in total. The topological polar surface area (TPSA) is 38.3 Å². The molecule has 0 fully saturated rings. The molecule has 112 valence electrons. The third-order valence-electron chi connectivity index (χ3n) is 2.77. The van der Waals surface area contributed by atoms with E-state index in [1.165, 1.54) is 0 Å². The molecular weight excluding hydrogens is 271 g/mol. The number of aryl methyl sites for hydroxylation is 1. The molecule has 3 nitrogen and oxygen atoms in total. The zero-order chi connectivity index (χ0) is 15.2. The molecule has 20 heavy (non-hydrogen) atoms. The van der Waals surface area contributed by atoms with Crippen LogP contribution in [-0.2, 0) is 9.53 Å². The molecule has 1 amide bonds. The lowest BCUT2D eigenvalue weighted by Gasteiger charge is -2.16. The number of halogens is 3. The van der Waals surface area contributed by atoms with Crippen molar-refractivity contribution in [2.75, 3.05) is 13.2 Å². The number of rotatable bonds is 6. The Morgan fingerprint density at radius 3 is 2.60 bits per heavy atom. The summed E-state index contributed by atoms with van der Waals surface area (Å²) < 4.78 is 39.9. The summed E-state index contributed by atoms with van der Waals surface area (Å²) in [4.78, 5) is 11.6. The average molecular weight is 289 g/mol. The number of carbonyl (C=O) groups excluding carboxylic acids is 1. The van der Waals surface area contributed by atoms with Crippen LogP contribution in [0.1, 0.15) is 30.5 Å². The zero-order valence-electron chi connectivity index (χ0n) is 11.5. The summed E-state index contributed by atoms with van der Waals surface area (Å²) in [5.41, 5.74) is 2.03. The maximum Gasteiger partial charge on any atom is 0.411 e. The standard InChI is InChI=1S/C14H18F3NO2/c1-10-5-3-4-6-12(10)11(2)18-13(19)7-8-20-9-14(15,16)17/h3-6,11H,7-9H2,1-2H3,(H,18,19). The first-order valence-corrected chi connectivity index (χ1v) is 6.29. The maximum atomic E-state index is 11.8. The second-order valence-corrected chi connectivity index (χ2v) is 4.56. The predicted molar refractivity (Wildman–Crippen MR) is 69.2 cm³/mol. The van der Waals surface area contributed by atoms with Gasteiger partial charge in [0, 0.05) is 6.42 Å². The molecule has 1 rings (SSSR count). The fourth-order valence-corrected chi connectivity index (χ4v) is 1.82. The van der Waals surface area contributed by atoms with Crippen LogP contribution < -0.4 is 5.32 Å². The van der Waals surface area contributed by atoms with Crippen molar-refractivity contribution in [3.63, 3.8) is 0 Å². The predicted octanol–water partition coefficient (Wildman–Crippen LogP) is 3.14. The molecule has 0 aromatic heterocycles. The molecule has 0 heterocycles. The van der Waals surface area contributed by atoms with Gasteiger partial charge in [-0.05, 0) is 25.0 Å². The summed E-state index contributed by atoms with van der Waals surface area (Å²) in [5.74, 6) is -0.331. The Hall–Kier alpha value is -1.56. The lowest BCUT2D eigenvalue weighted by molar-refractivity contribution is -0.174. The second-order valence-electron chi connectivity index (χ2n) is 4.56. The third-order valence-corrected chi connectivity index (χ3v) is 2.77. The van der Waals surface area contributed by atoms with Crippen LogP contribution in [0.15, 0.2) is 24.3 Å². The molecule has 0 bridgehead atoms. The summed E-state index contributed by atoms with van der Waals surface area (Å²) >= 11 is 0. The molecule has 0 spiro atoms. The van der Waals surface area contributed by atoms with Crippen LogP contribution in [0.3, 0.4) is 0 Å². The number of nitrogens with one attached hydrogen (secondary N) is 1. The smallest absolute Gasteiger partial charge is 0.372 e. The Kier molecular flexibility index (Phi) is 6.01. The largest absolute Gasteiger partial charge is 0.411 e. The van der Waals surface area contributed by atoms with Crippen LogP contribution in [0.2, 0.25) is 0 Å².